The molecule has 0 aromatic heterocycles. The van der Waals surface area contributed by atoms with Gasteiger partial charge in [-0.25, -0.2) is 4.39 Å². The standard InChI is InChI=1S/C12H17BrFN3O/c13-9-7-11(15)12(8-10(9)14)16-1-2-17-3-5-18-6-4-17/h7-8,16H,1-6,15H2. The summed E-state index contributed by atoms with van der Waals surface area (Å²) in [5.74, 6) is -0.307. The summed E-state index contributed by atoms with van der Waals surface area (Å²) in [5, 5.41) is 3.16. The number of nitrogens with zero attached hydrogens (tertiary/aromatic N) is 1. The number of halogens is 2. The molecule has 0 aliphatic carbocycles. The van der Waals surface area contributed by atoms with E-state index < -0.39 is 0 Å². The van der Waals surface area contributed by atoms with E-state index in [2.05, 4.69) is 26.1 Å². The van der Waals surface area contributed by atoms with Crippen molar-refractivity contribution < 1.29 is 9.13 Å². The Kier molecular flexibility index (Phi) is 4.79. The Morgan fingerprint density at radius 2 is 2.11 bits per heavy atom. The van der Waals surface area contributed by atoms with Crippen molar-refractivity contribution in [3.8, 4) is 0 Å². The van der Waals surface area contributed by atoms with Crippen molar-refractivity contribution in [1.82, 2.24) is 4.90 Å². The van der Waals surface area contributed by atoms with E-state index in [1.807, 2.05) is 0 Å². The van der Waals surface area contributed by atoms with Crippen LogP contribution in [0.5, 0.6) is 0 Å². The Bertz CT molecular complexity index is 411. The first kappa shape index (κ1) is 13.6. The first-order valence-electron chi connectivity index (χ1n) is 5.95. The normalized spacial score (nSPS) is 16.8. The lowest BCUT2D eigenvalue weighted by Gasteiger charge is -2.26. The zero-order chi connectivity index (χ0) is 13.0. The molecular formula is C12H17BrFN3O. The van der Waals surface area contributed by atoms with E-state index >= 15 is 0 Å². The first-order valence-corrected chi connectivity index (χ1v) is 6.74. The SMILES string of the molecule is Nc1cc(Br)c(F)cc1NCCN1CCOCC1. The fourth-order valence-electron chi connectivity index (χ4n) is 1.89. The lowest BCUT2D eigenvalue weighted by Crippen LogP contribution is -2.39. The van der Waals surface area contributed by atoms with E-state index in [1.54, 1.807) is 6.07 Å². The Morgan fingerprint density at radius 1 is 1.39 bits per heavy atom. The summed E-state index contributed by atoms with van der Waals surface area (Å²) in [6.45, 7) is 5.12. The Balaban J connectivity index is 1.84. The molecule has 1 fully saturated rings. The number of hydrogen-bond donors (Lipinski definition) is 2. The molecule has 1 aromatic rings. The zero-order valence-electron chi connectivity index (χ0n) is 10.1. The van der Waals surface area contributed by atoms with Gasteiger partial charge in [0.2, 0.25) is 0 Å². The highest BCUT2D eigenvalue weighted by Gasteiger charge is 2.10. The maximum atomic E-state index is 13.4. The summed E-state index contributed by atoms with van der Waals surface area (Å²) >= 11 is 3.11. The monoisotopic (exact) mass is 317 g/mol. The third-order valence-electron chi connectivity index (χ3n) is 2.94. The van der Waals surface area contributed by atoms with Crippen LogP contribution in [0.25, 0.3) is 0 Å². The van der Waals surface area contributed by atoms with Crippen LogP contribution >= 0.6 is 15.9 Å². The number of nitrogens with two attached hydrogens (primary N) is 1. The molecular weight excluding hydrogens is 301 g/mol. The van der Waals surface area contributed by atoms with Crippen molar-refractivity contribution in [3.63, 3.8) is 0 Å². The molecule has 4 nitrogen and oxygen atoms in total. The smallest absolute Gasteiger partial charge is 0.139 e. The molecule has 0 unspecified atom stereocenters. The molecule has 0 radical (unpaired) electrons. The van der Waals surface area contributed by atoms with Gasteiger partial charge < -0.3 is 15.8 Å². The molecule has 1 aromatic carbocycles. The van der Waals surface area contributed by atoms with Crippen LogP contribution in [0.1, 0.15) is 0 Å². The second-order valence-corrected chi connectivity index (χ2v) is 5.09. The van der Waals surface area contributed by atoms with Gasteiger partial charge >= 0.3 is 0 Å². The predicted molar refractivity (Wildman–Crippen MR) is 74.3 cm³/mol. The van der Waals surface area contributed by atoms with Crippen LogP contribution in [-0.4, -0.2) is 44.3 Å². The minimum Gasteiger partial charge on any atom is -0.397 e. The molecule has 0 bridgehead atoms. The zero-order valence-corrected chi connectivity index (χ0v) is 11.7. The summed E-state index contributed by atoms with van der Waals surface area (Å²) in [5.41, 5.74) is 7.01. The van der Waals surface area contributed by atoms with Gasteiger partial charge in [0.25, 0.3) is 0 Å². The van der Waals surface area contributed by atoms with Crippen molar-refractivity contribution in [2.75, 3.05) is 50.4 Å². The molecule has 0 atom stereocenters. The van der Waals surface area contributed by atoms with Gasteiger partial charge in [0, 0.05) is 32.2 Å². The topological polar surface area (TPSA) is 50.5 Å². The van der Waals surface area contributed by atoms with Gasteiger partial charge in [-0.2, -0.15) is 0 Å². The van der Waals surface area contributed by atoms with Crippen molar-refractivity contribution in [1.29, 1.82) is 0 Å². The van der Waals surface area contributed by atoms with E-state index in [0.717, 1.165) is 39.4 Å². The molecule has 1 aliphatic heterocycles. The second kappa shape index (κ2) is 6.36. The molecule has 3 N–H and O–H groups in total. The van der Waals surface area contributed by atoms with Crippen LogP contribution in [0.2, 0.25) is 0 Å². The second-order valence-electron chi connectivity index (χ2n) is 4.23. The fourth-order valence-corrected chi connectivity index (χ4v) is 2.25. The third-order valence-corrected chi connectivity index (χ3v) is 3.55. The van der Waals surface area contributed by atoms with E-state index in [9.17, 15) is 4.39 Å². The lowest BCUT2D eigenvalue weighted by atomic mass is 10.2. The number of ether oxygens (including phenoxy) is 1. The Labute approximate surface area is 114 Å². The number of nitrogen functional groups attached to an aromatic ring is 1. The molecule has 0 saturated carbocycles. The van der Waals surface area contributed by atoms with E-state index in [0.29, 0.717) is 15.8 Å². The summed E-state index contributed by atoms with van der Waals surface area (Å²) in [4.78, 5) is 2.31. The molecule has 1 saturated heterocycles. The highest BCUT2D eigenvalue weighted by atomic mass is 79.9. The molecule has 1 heterocycles. The van der Waals surface area contributed by atoms with Crippen molar-refractivity contribution in [3.05, 3.63) is 22.4 Å². The van der Waals surface area contributed by atoms with Crippen LogP contribution in [0.3, 0.4) is 0 Å². The van der Waals surface area contributed by atoms with Gasteiger partial charge in [-0.05, 0) is 22.0 Å². The summed E-state index contributed by atoms with van der Waals surface area (Å²) in [6.07, 6.45) is 0. The average molecular weight is 318 g/mol. The van der Waals surface area contributed by atoms with Crippen LogP contribution in [-0.2, 0) is 4.74 Å². The van der Waals surface area contributed by atoms with Gasteiger partial charge in [0.05, 0.1) is 29.1 Å². The van der Waals surface area contributed by atoms with Crippen molar-refractivity contribution >= 4 is 27.3 Å². The van der Waals surface area contributed by atoms with Crippen molar-refractivity contribution in [2.45, 2.75) is 0 Å². The van der Waals surface area contributed by atoms with E-state index in [-0.39, 0.29) is 5.82 Å². The van der Waals surface area contributed by atoms with E-state index in [4.69, 9.17) is 10.5 Å². The maximum absolute atomic E-state index is 13.4. The first-order chi connectivity index (χ1) is 8.66. The number of nitrogens with one attached hydrogen (secondary N) is 1. The van der Waals surface area contributed by atoms with Gasteiger partial charge in [-0.1, -0.05) is 0 Å². The number of hydrogen-bond acceptors (Lipinski definition) is 4. The largest absolute Gasteiger partial charge is 0.397 e. The quantitative estimate of drug-likeness (QED) is 0.833. The number of anilines is 2. The summed E-state index contributed by atoms with van der Waals surface area (Å²) in [6, 6.07) is 2.99. The van der Waals surface area contributed by atoms with Gasteiger partial charge in [0.1, 0.15) is 5.82 Å². The number of benzene rings is 1. The minimum atomic E-state index is -0.307. The Morgan fingerprint density at radius 3 is 2.83 bits per heavy atom. The predicted octanol–water partition coefficient (Wildman–Crippen LogP) is 1.91. The molecule has 6 heteroatoms. The number of morpholine rings is 1. The average Bonchev–Trinajstić information content (AvgIpc) is 2.37. The van der Waals surface area contributed by atoms with Crippen LogP contribution in [0, 0.1) is 5.82 Å². The molecule has 18 heavy (non-hydrogen) atoms. The van der Waals surface area contributed by atoms with Crippen LogP contribution in [0.4, 0.5) is 15.8 Å². The Hall–Kier alpha value is -0.850. The van der Waals surface area contributed by atoms with E-state index in [1.165, 1.54) is 6.07 Å². The minimum absolute atomic E-state index is 0.307. The summed E-state index contributed by atoms with van der Waals surface area (Å²) < 4.78 is 19.0. The van der Waals surface area contributed by atoms with Gasteiger partial charge in [-0.15, -0.1) is 0 Å². The van der Waals surface area contributed by atoms with Gasteiger partial charge in [-0.3, -0.25) is 4.90 Å². The molecule has 1 aliphatic rings. The molecule has 2 rings (SSSR count). The molecule has 0 amide bonds. The highest BCUT2D eigenvalue weighted by Crippen LogP contribution is 2.26. The fraction of sp³-hybridized carbons (Fsp3) is 0.500. The molecule has 100 valence electrons. The van der Waals surface area contributed by atoms with Crippen molar-refractivity contribution in [2.24, 2.45) is 0 Å². The van der Waals surface area contributed by atoms with Crippen LogP contribution < -0.4 is 11.1 Å². The van der Waals surface area contributed by atoms with Gasteiger partial charge in [0.15, 0.2) is 0 Å². The molecule has 0 spiro atoms. The van der Waals surface area contributed by atoms with Crippen LogP contribution in [0.15, 0.2) is 16.6 Å². The third kappa shape index (κ3) is 3.57. The highest BCUT2D eigenvalue weighted by molar-refractivity contribution is 9.10. The number of rotatable bonds is 4. The maximum Gasteiger partial charge on any atom is 0.139 e. The lowest BCUT2D eigenvalue weighted by molar-refractivity contribution is 0.0398. The summed E-state index contributed by atoms with van der Waals surface area (Å²) in [7, 11) is 0.